The minimum atomic E-state index is -0.183. The summed E-state index contributed by atoms with van der Waals surface area (Å²) in [7, 11) is 2.00. The molecule has 1 fully saturated rings. The Hall–Kier alpha value is -0.590. The molecule has 74 valence electrons. The highest BCUT2D eigenvalue weighted by Gasteiger charge is 2.25. The van der Waals surface area contributed by atoms with E-state index in [2.05, 4.69) is 11.0 Å². The number of nitrogens with zero attached hydrogens (tertiary/aromatic N) is 2. The molecule has 1 saturated carbocycles. The Morgan fingerprint density at radius 2 is 2.15 bits per heavy atom. The smallest absolute Gasteiger partial charge is 0.0695 e. The third kappa shape index (κ3) is 2.98. The number of aliphatic hydroxyl groups excluding tert-OH is 1. The maximum Gasteiger partial charge on any atom is 0.0695 e. The van der Waals surface area contributed by atoms with Gasteiger partial charge in [0.05, 0.1) is 12.2 Å². The van der Waals surface area contributed by atoms with Crippen LogP contribution in [0.3, 0.4) is 0 Å². The number of nitriles is 1. The van der Waals surface area contributed by atoms with Gasteiger partial charge in [-0.1, -0.05) is 12.8 Å². The van der Waals surface area contributed by atoms with Crippen LogP contribution >= 0.6 is 0 Å². The number of hydrogen-bond donors (Lipinski definition) is 1. The Balaban J connectivity index is 2.35. The van der Waals surface area contributed by atoms with Crippen LogP contribution in [0.2, 0.25) is 0 Å². The SMILES string of the molecule is CN(CCC#N)[C@@H]1CCCC[C@H]1O. The predicted molar refractivity (Wildman–Crippen MR) is 51.1 cm³/mol. The Morgan fingerprint density at radius 3 is 2.77 bits per heavy atom. The number of rotatable bonds is 3. The molecule has 0 aromatic heterocycles. The third-order valence-electron chi connectivity index (χ3n) is 2.84. The van der Waals surface area contributed by atoms with Crippen molar-refractivity contribution in [2.45, 2.75) is 44.2 Å². The third-order valence-corrected chi connectivity index (χ3v) is 2.84. The van der Waals surface area contributed by atoms with Crippen LogP contribution in [0.5, 0.6) is 0 Å². The number of aliphatic hydroxyl groups is 1. The molecule has 1 aliphatic rings. The van der Waals surface area contributed by atoms with Crippen molar-refractivity contribution in [2.75, 3.05) is 13.6 Å². The molecule has 0 radical (unpaired) electrons. The minimum absolute atomic E-state index is 0.183. The van der Waals surface area contributed by atoms with Crippen molar-refractivity contribution >= 4 is 0 Å². The molecule has 0 aromatic carbocycles. The van der Waals surface area contributed by atoms with E-state index in [0.29, 0.717) is 6.42 Å². The Kier molecular flexibility index (Phi) is 4.20. The Labute approximate surface area is 80.0 Å². The highest BCUT2D eigenvalue weighted by Crippen LogP contribution is 2.22. The topological polar surface area (TPSA) is 47.3 Å². The molecule has 0 aliphatic heterocycles. The van der Waals surface area contributed by atoms with Gasteiger partial charge in [-0.3, -0.25) is 4.90 Å². The van der Waals surface area contributed by atoms with Crippen molar-refractivity contribution in [3.8, 4) is 6.07 Å². The van der Waals surface area contributed by atoms with Crippen molar-refractivity contribution in [1.29, 1.82) is 5.26 Å². The van der Waals surface area contributed by atoms with Crippen molar-refractivity contribution < 1.29 is 5.11 Å². The maximum absolute atomic E-state index is 9.71. The van der Waals surface area contributed by atoms with Gasteiger partial charge in [0.2, 0.25) is 0 Å². The fourth-order valence-corrected chi connectivity index (χ4v) is 2.00. The van der Waals surface area contributed by atoms with Gasteiger partial charge in [-0.15, -0.1) is 0 Å². The second-order valence-corrected chi connectivity index (χ2v) is 3.81. The zero-order valence-corrected chi connectivity index (χ0v) is 8.24. The molecular formula is C10H18N2O. The summed E-state index contributed by atoms with van der Waals surface area (Å²) in [5.74, 6) is 0. The fraction of sp³-hybridized carbons (Fsp3) is 0.900. The molecule has 0 amide bonds. The van der Waals surface area contributed by atoms with Crippen LogP contribution in [0.25, 0.3) is 0 Å². The van der Waals surface area contributed by atoms with Crippen LogP contribution in [0, 0.1) is 11.3 Å². The Bertz CT molecular complexity index is 188. The molecule has 2 atom stereocenters. The average Bonchev–Trinajstić information content (AvgIpc) is 2.15. The molecule has 0 bridgehead atoms. The van der Waals surface area contributed by atoms with Gasteiger partial charge >= 0.3 is 0 Å². The van der Waals surface area contributed by atoms with Gasteiger partial charge in [0, 0.05) is 19.0 Å². The fourth-order valence-electron chi connectivity index (χ4n) is 2.00. The standard InChI is InChI=1S/C10H18N2O/c1-12(8-4-7-11)9-5-2-3-6-10(9)13/h9-10,13H,2-6,8H2,1H3/t9-,10-/m1/s1. The average molecular weight is 182 g/mol. The predicted octanol–water partition coefficient (Wildman–Crippen LogP) is 1.14. The lowest BCUT2D eigenvalue weighted by atomic mass is 9.91. The van der Waals surface area contributed by atoms with Crippen LogP contribution in [-0.2, 0) is 0 Å². The molecule has 0 aromatic rings. The van der Waals surface area contributed by atoms with Crippen LogP contribution < -0.4 is 0 Å². The molecule has 13 heavy (non-hydrogen) atoms. The largest absolute Gasteiger partial charge is 0.391 e. The summed E-state index contributed by atoms with van der Waals surface area (Å²) < 4.78 is 0. The lowest BCUT2D eigenvalue weighted by Crippen LogP contribution is -2.43. The number of hydrogen-bond acceptors (Lipinski definition) is 3. The van der Waals surface area contributed by atoms with Crippen LogP contribution in [0.1, 0.15) is 32.1 Å². The van der Waals surface area contributed by atoms with E-state index in [1.807, 2.05) is 7.05 Å². The molecule has 0 spiro atoms. The lowest BCUT2D eigenvalue weighted by Gasteiger charge is -2.34. The first-order chi connectivity index (χ1) is 6.25. The molecule has 3 heteroatoms. The molecule has 0 heterocycles. The van der Waals surface area contributed by atoms with Crippen LogP contribution in [0.4, 0.5) is 0 Å². The summed E-state index contributed by atoms with van der Waals surface area (Å²) in [6.07, 6.45) is 4.71. The first kappa shape index (κ1) is 10.5. The van der Waals surface area contributed by atoms with Gasteiger partial charge in [-0.25, -0.2) is 0 Å². The molecule has 0 unspecified atom stereocenters. The second-order valence-electron chi connectivity index (χ2n) is 3.81. The molecule has 0 saturated heterocycles. The van der Waals surface area contributed by atoms with E-state index in [1.54, 1.807) is 0 Å². The normalized spacial score (nSPS) is 28.8. The van der Waals surface area contributed by atoms with Crippen LogP contribution in [0.15, 0.2) is 0 Å². The van der Waals surface area contributed by atoms with E-state index >= 15 is 0 Å². The van der Waals surface area contributed by atoms with E-state index in [0.717, 1.165) is 25.8 Å². The Morgan fingerprint density at radius 1 is 1.46 bits per heavy atom. The van der Waals surface area contributed by atoms with E-state index < -0.39 is 0 Å². The summed E-state index contributed by atoms with van der Waals surface area (Å²) in [4.78, 5) is 2.12. The van der Waals surface area contributed by atoms with Gasteiger partial charge in [0.1, 0.15) is 0 Å². The summed E-state index contributed by atoms with van der Waals surface area (Å²) in [5.41, 5.74) is 0. The quantitative estimate of drug-likeness (QED) is 0.712. The van der Waals surface area contributed by atoms with Crippen molar-refractivity contribution in [3.05, 3.63) is 0 Å². The highest BCUT2D eigenvalue weighted by molar-refractivity contribution is 4.83. The zero-order valence-electron chi connectivity index (χ0n) is 8.24. The minimum Gasteiger partial charge on any atom is -0.391 e. The molecule has 1 rings (SSSR count). The van der Waals surface area contributed by atoms with E-state index in [4.69, 9.17) is 5.26 Å². The van der Waals surface area contributed by atoms with Crippen molar-refractivity contribution in [3.63, 3.8) is 0 Å². The van der Waals surface area contributed by atoms with Crippen LogP contribution in [-0.4, -0.2) is 35.7 Å². The molecule has 1 aliphatic carbocycles. The zero-order chi connectivity index (χ0) is 9.68. The summed E-state index contributed by atoms with van der Waals surface area (Å²) in [6.45, 7) is 0.776. The highest BCUT2D eigenvalue weighted by atomic mass is 16.3. The first-order valence-corrected chi connectivity index (χ1v) is 5.01. The summed E-state index contributed by atoms with van der Waals surface area (Å²) in [6, 6.07) is 2.41. The van der Waals surface area contributed by atoms with Gasteiger partial charge < -0.3 is 5.11 Å². The summed E-state index contributed by atoms with van der Waals surface area (Å²) >= 11 is 0. The first-order valence-electron chi connectivity index (χ1n) is 5.01. The molecular weight excluding hydrogens is 164 g/mol. The van der Waals surface area contributed by atoms with E-state index in [-0.39, 0.29) is 12.1 Å². The van der Waals surface area contributed by atoms with Gasteiger partial charge in [0.15, 0.2) is 0 Å². The number of likely N-dealkylation sites (N-methyl/N-ethyl adjacent to an activating group) is 1. The van der Waals surface area contributed by atoms with Gasteiger partial charge in [-0.05, 0) is 19.9 Å². The maximum atomic E-state index is 9.71. The summed E-state index contributed by atoms with van der Waals surface area (Å²) in [5, 5.41) is 18.2. The van der Waals surface area contributed by atoms with Crippen molar-refractivity contribution in [2.24, 2.45) is 0 Å². The van der Waals surface area contributed by atoms with Gasteiger partial charge in [-0.2, -0.15) is 5.26 Å². The van der Waals surface area contributed by atoms with E-state index in [9.17, 15) is 5.11 Å². The lowest BCUT2D eigenvalue weighted by molar-refractivity contribution is 0.0332. The molecule has 3 nitrogen and oxygen atoms in total. The van der Waals surface area contributed by atoms with Gasteiger partial charge in [0.25, 0.3) is 0 Å². The van der Waals surface area contributed by atoms with Crippen molar-refractivity contribution in [1.82, 2.24) is 4.90 Å². The molecule has 1 N–H and O–H groups in total. The monoisotopic (exact) mass is 182 g/mol. The second kappa shape index (κ2) is 5.21. The van der Waals surface area contributed by atoms with E-state index in [1.165, 1.54) is 6.42 Å².